The Morgan fingerprint density at radius 1 is 1.53 bits per heavy atom. The fourth-order valence-corrected chi connectivity index (χ4v) is 1.69. The number of H-pyrrole nitrogens is 1. The van der Waals surface area contributed by atoms with Crippen molar-refractivity contribution in [3.05, 3.63) is 4.77 Å². The Kier molecular flexibility index (Phi) is 4.77. The van der Waals surface area contributed by atoms with Crippen LogP contribution in [0.4, 0.5) is 5.95 Å². The van der Waals surface area contributed by atoms with E-state index in [-0.39, 0.29) is 0 Å². The lowest BCUT2D eigenvalue weighted by Crippen LogP contribution is -2.29. The molecule has 0 atom stereocenters. The van der Waals surface area contributed by atoms with E-state index in [4.69, 9.17) is 17.0 Å². The molecule has 0 saturated carbocycles. The molecule has 86 valence electrons. The zero-order valence-corrected chi connectivity index (χ0v) is 10.3. The van der Waals surface area contributed by atoms with E-state index in [1.807, 2.05) is 4.57 Å². The molecule has 0 saturated heterocycles. The van der Waals surface area contributed by atoms with Gasteiger partial charge in [-0.25, -0.2) is 5.10 Å². The minimum absolute atomic E-state index is 0.670. The molecular formula is C9H18N4OS. The molecule has 0 aliphatic carbocycles. The minimum Gasteiger partial charge on any atom is -0.383 e. The Bertz CT molecular complexity index is 346. The zero-order valence-electron chi connectivity index (χ0n) is 9.49. The van der Waals surface area contributed by atoms with Crippen LogP contribution in [0.15, 0.2) is 0 Å². The van der Waals surface area contributed by atoms with E-state index in [1.54, 1.807) is 7.11 Å². The van der Waals surface area contributed by atoms with Crippen LogP contribution >= 0.6 is 12.2 Å². The quantitative estimate of drug-likeness (QED) is 0.751. The Labute approximate surface area is 95.0 Å². The van der Waals surface area contributed by atoms with E-state index in [0.717, 1.165) is 25.6 Å². The van der Waals surface area contributed by atoms with Gasteiger partial charge < -0.3 is 9.64 Å². The number of nitrogens with zero attached hydrogens (tertiary/aromatic N) is 3. The SMILES string of the molecule is CCN(CCOC)c1n[nH]c(=S)n1CC. The van der Waals surface area contributed by atoms with Crippen LogP contribution in [0.1, 0.15) is 13.8 Å². The molecule has 0 aromatic carbocycles. The first kappa shape index (κ1) is 12.2. The van der Waals surface area contributed by atoms with Crippen molar-refractivity contribution in [1.29, 1.82) is 0 Å². The van der Waals surface area contributed by atoms with Crippen LogP contribution in [0.5, 0.6) is 0 Å². The molecule has 1 heterocycles. The number of likely N-dealkylation sites (N-methyl/N-ethyl adjacent to an activating group) is 1. The molecule has 1 aromatic heterocycles. The molecule has 0 aliphatic rings. The third-order valence-corrected chi connectivity index (χ3v) is 2.60. The molecule has 0 unspecified atom stereocenters. The van der Waals surface area contributed by atoms with Gasteiger partial charge in [-0.15, -0.1) is 5.10 Å². The van der Waals surface area contributed by atoms with E-state index in [1.165, 1.54) is 0 Å². The lowest BCUT2D eigenvalue weighted by molar-refractivity contribution is 0.205. The number of nitrogens with one attached hydrogen (secondary N) is 1. The predicted molar refractivity (Wildman–Crippen MR) is 62.8 cm³/mol. The number of methoxy groups -OCH3 is 1. The van der Waals surface area contributed by atoms with Crippen molar-refractivity contribution < 1.29 is 4.74 Å². The summed E-state index contributed by atoms with van der Waals surface area (Å²) in [5, 5.41) is 7.04. The Hall–Kier alpha value is -0.880. The van der Waals surface area contributed by atoms with Crippen LogP contribution in [0.2, 0.25) is 0 Å². The zero-order chi connectivity index (χ0) is 11.3. The van der Waals surface area contributed by atoms with Crippen LogP contribution in [0.3, 0.4) is 0 Å². The van der Waals surface area contributed by atoms with Gasteiger partial charge in [0.25, 0.3) is 0 Å². The summed E-state index contributed by atoms with van der Waals surface area (Å²) in [5.41, 5.74) is 0. The predicted octanol–water partition coefficient (Wildman–Crippen LogP) is 1.43. The fraction of sp³-hybridized carbons (Fsp3) is 0.778. The van der Waals surface area contributed by atoms with Gasteiger partial charge in [0.05, 0.1) is 6.61 Å². The third-order valence-electron chi connectivity index (χ3n) is 2.28. The smallest absolute Gasteiger partial charge is 0.225 e. The van der Waals surface area contributed by atoms with Gasteiger partial charge in [-0.3, -0.25) is 4.57 Å². The van der Waals surface area contributed by atoms with Crippen molar-refractivity contribution in [3.8, 4) is 0 Å². The van der Waals surface area contributed by atoms with Crippen LogP contribution < -0.4 is 4.90 Å². The molecule has 0 aliphatic heterocycles. The summed E-state index contributed by atoms with van der Waals surface area (Å²) in [5.74, 6) is 0.891. The molecular weight excluding hydrogens is 212 g/mol. The Morgan fingerprint density at radius 2 is 2.27 bits per heavy atom. The van der Waals surface area contributed by atoms with Crippen LogP contribution in [-0.4, -0.2) is 41.6 Å². The summed E-state index contributed by atoms with van der Waals surface area (Å²) in [6, 6.07) is 0. The highest BCUT2D eigenvalue weighted by atomic mass is 32.1. The monoisotopic (exact) mass is 230 g/mol. The first-order valence-corrected chi connectivity index (χ1v) is 5.54. The van der Waals surface area contributed by atoms with Gasteiger partial charge in [-0.2, -0.15) is 0 Å². The number of hydrogen-bond acceptors (Lipinski definition) is 4. The molecule has 15 heavy (non-hydrogen) atoms. The fourth-order valence-electron chi connectivity index (χ4n) is 1.44. The van der Waals surface area contributed by atoms with Gasteiger partial charge in [0.1, 0.15) is 0 Å². The van der Waals surface area contributed by atoms with Crippen molar-refractivity contribution in [3.63, 3.8) is 0 Å². The lowest BCUT2D eigenvalue weighted by Gasteiger charge is -2.21. The Morgan fingerprint density at radius 3 is 2.80 bits per heavy atom. The maximum Gasteiger partial charge on any atom is 0.225 e. The molecule has 6 heteroatoms. The second-order valence-electron chi connectivity index (χ2n) is 3.15. The highest BCUT2D eigenvalue weighted by molar-refractivity contribution is 7.71. The maximum absolute atomic E-state index is 5.14. The molecule has 0 spiro atoms. The number of ether oxygens (including phenoxy) is 1. The minimum atomic E-state index is 0.670. The summed E-state index contributed by atoms with van der Waals surface area (Å²) in [4.78, 5) is 2.14. The van der Waals surface area contributed by atoms with Gasteiger partial charge in [-0.1, -0.05) is 0 Å². The molecule has 0 fully saturated rings. The number of anilines is 1. The van der Waals surface area contributed by atoms with E-state index in [2.05, 4.69) is 28.9 Å². The van der Waals surface area contributed by atoms with E-state index < -0.39 is 0 Å². The highest BCUT2D eigenvalue weighted by Gasteiger charge is 2.11. The average Bonchev–Trinajstić information content (AvgIpc) is 2.61. The van der Waals surface area contributed by atoms with Crippen LogP contribution in [0.25, 0.3) is 0 Å². The van der Waals surface area contributed by atoms with Crippen molar-refractivity contribution in [1.82, 2.24) is 14.8 Å². The first-order chi connectivity index (χ1) is 7.24. The van der Waals surface area contributed by atoms with Crippen molar-refractivity contribution in [2.24, 2.45) is 0 Å². The number of aromatic nitrogens is 3. The number of rotatable bonds is 6. The second-order valence-corrected chi connectivity index (χ2v) is 3.53. The highest BCUT2D eigenvalue weighted by Crippen LogP contribution is 2.10. The van der Waals surface area contributed by atoms with Gasteiger partial charge >= 0.3 is 0 Å². The summed E-state index contributed by atoms with van der Waals surface area (Å²) in [7, 11) is 1.70. The molecule has 0 radical (unpaired) electrons. The third kappa shape index (κ3) is 2.79. The van der Waals surface area contributed by atoms with Crippen LogP contribution in [0, 0.1) is 4.77 Å². The summed E-state index contributed by atoms with van der Waals surface area (Å²) < 4.78 is 7.71. The molecule has 1 N–H and O–H groups in total. The summed E-state index contributed by atoms with van der Waals surface area (Å²) >= 11 is 5.14. The molecule has 5 nitrogen and oxygen atoms in total. The lowest BCUT2D eigenvalue weighted by atomic mass is 10.5. The molecule has 0 bridgehead atoms. The van der Waals surface area contributed by atoms with E-state index >= 15 is 0 Å². The number of hydrogen-bond donors (Lipinski definition) is 1. The van der Waals surface area contributed by atoms with Crippen molar-refractivity contribution in [2.75, 3.05) is 31.7 Å². The first-order valence-electron chi connectivity index (χ1n) is 5.13. The van der Waals surface area contributed by atoms with Crippen molar-refractivity contribution in [2.45, 2.75) is 20.4 Å². The summed E-state index contributed by atoms with van der Waals surface area (Å²) in [6.07, 6.45) is 0. The van der Waals surface area contributed by atoms with E-state index in [0.29, 0.717) is 11.4 Å². The van der Waals surface area contributed by atoms with Gasteiger partial charge in [-0.05, 0) is 26.1 Å². The largest absolute Gasteiger partial charge is 0.383 e. The summed E-state index contributed by atoms with van der Waals surface area (Å²) in [6.45, 7) is 7.38. The van der Waals surface area contributed by atoms with Gasteiger partial charge in [0.15, 0.2) is 4.77 Å². The normalized spacial score (nSPS) is 10.6. The standard InChI is InChI=1S/C9H18N4OS/c1-4-12(6-7-14-3)8-10-11-9(15)13(8)5-2/h4-7H2,1-3H3,(H,11,15). The van der Waals surface area contributed by atoms with Crippen LogP contribution in [-0.2, 0) is 11.3 Å². The molecule has 1 rings (SSSR count). The second kappa shape index (κ2) is 5.87. The van der Waals surface area contributed by atoms with Crippen molar-refractivity contribution >= 4 is 18.2 Å². The average molecular weight is 230 g/mol. The molecule has 1 aromatic rings. The van der Waals surface area contributed by atoms with Gasteiger partial charge in [0, 0.05) is 26.7 Å². The maximum atomic E-state index is 5.14. The topological polar surface area (TPSA) is 46.1 Å². The Balaban J connectivity index is 2.86. The van der Waals surface area contributed by atoms with E-state index in [9.17, 15) is 0 Å². The molecule has 0 amide bonds. The van der Waals surface area contributed by atoms with Gasteiger partial charge in [0.2, 0.25) is 5.95 Å². The number of aromatic amines is 1.